The number of hydrogen-bond donors (Lipinski definition) is 0. The van der Waals surface area contributed by atoms with Crippen LogP contribution in [0.1, 0.15) is 43.5 Å². The van der Waals surface area contributed by atoms with Crippen molar-refractivity contribution in [2.24, 2.45) is 5.41 Å². The predicted octanol–water partition coefficient (Wildman–Crippen LogP) is 3.05. The van der Waals surface area contributed by atoms with E-state index in [1.54, 1.807) is 11.0 Å². The Labute approximate surface area is 118 Å². The monoisotopic (exact) mass is 277 g/mol. The zero-order chi connectivity index (χ0) is 14.8. The molecule has 0 spiro atoms. The van der Waals surface area contributed by atoms with Gasteiger partial charge in [0.2, 0.25) is 5.91 Å². The minimum absolute atomic E-state index is 0.0142. The van der Waals surface area contributed by atoms with Crippen LogP contribution in [-0.2, 0) is 4.79 Å². The minimum atomic E-state index is -0.431. The third-order valence-corrected chi connectivity index (χ3v) is 3.91. The van der Waals surface area contributed by atoms with Crippen LogP contribution < -0.4 is 0 Å². The molecule has 0 radical (unpaired) electrons. The van der Waals surface area contributed by atoms with Crippen molar-refractivity contribution >= 4 is 11.7 Å². The number of likely N-dealkylation sites (tertiary alicyclic amines) is 1. The molecule has 1 saturated heterocycles. The summed E-state index contributed by atoms with van der Waals surface area (Å²) >= 11 is 0. The van der Waals surface area contributed by atoms with Crippen molar-refractivity contribution in [2.45, 2.75) is 33.1 Å². The van der Waals surface area contributed by atoms with Gasteiger partial charge in [0.25, 0.3) is 0 Å². The Hall–Kier alpha value is -1.71. The van der Waals surface area contributed by atoms with E-state index < -0.39 is 5.82 Å². The van der Waals surface area contributed by atoms with E-state index in [0.29, 0.717) is 18.5 Å². The summed E-state index contributed by atoms with van der Waals surface area (Å²) in [5.41, 5.74) is 0.452. The number of nitrogens with zero attached hydrogens (tertiary/aromatic N) is 1. The molecule has 0 aliphatic carbocycles. The van der Waals surface area contributed by atoms with Crippen molar-refractivity contribution in [2.75, 3.05) is 13.1 Å². The number of carbonyl (C=O) groups is 2. The van der Waals surface area contributed by atoms with Gasteiger partial charge in [-0.15, -0.1) is 0 Å². The molecule has 2 rings (SSSR count). The molecule has 1 fully saturated rings. The smallest absolute Gasteiger partial charge is 0.222 e. The minimum Gasteiger partial charge on any atom is -0.335 e. The highest BCUT2D eigenvalue weighted by Crippen LogP contribution is 2.30. The zero-order valence-electron chi connectivity index (χ0n) is 12.0. The van der Waals surface area contributed by atoms with Gasteiger partial charge in [-0.1, -0.05) is 26.0 Å². The van der Waals surface area contributed by atoms with E-state index in [4.69, 9.17) is 0 Å². The lowest BCUT2D eigenvalue weighted by Crippen LogP contribution is -2.35. The number of halogens is 1. The SMILES string of the molecule is CC1(C)CCC(=O)N(CC(=O)c2cccc(F)c2)CC1. The number of benzene rings is 1. The fourth-order valence-electron chi connectivity index (χ4n) is 2.38. The average Bonchev–Trinajstić information content (AvgIpc) is 2.52. The second-order valence-electron chi connectivity index (χ2n) is 6.16. The van der Waals surface area contributed by atoms with Crippen LogP contribution in [-0.4, -0.2) is 29.7 Å². The molecule has 0 saturated carbocycles. The quantitative estimate of drug-likeness (QED) is 0.796. The lowest BCUT2D eigenvalue weighted by Gasteiger charge is -2.23. The normalized spacial score (nSPS) is 18.8. The lowest BCUT2D eigenvalue weighted by molar-refractivity contribution is -0.130. The molecule has 4 heteroatoms. The third kappa shape index (κ3) is 3.65. The van der Waals surface area contributed by atoms with Gasteiger partial charge in [0, 0.05) is 18.5 Å². The molecule has 1 heterocycles. The molecule has 1 aromatic rings. The largest absolute Gasteiger partial charge is 0.335 e. The van der Waals surface area contributed by atoms with Crippen LogP contribution in [0.5, 0.6) is 0 Å². The topological polar surface area (TPSA) is 37.4 Å². The molecule has 108 valence electrons. The van der Waals surface area contributed by atoms with Crippen molar-refractivity contribution in [3.05, 3.63) is 35.6 Å². The highest BCUT2D eigenvalue weighted by atomic mass is 19.1. The molecular weight excluding hydrogens is 257 g/mol. The maximum Gasteiger partial charge on any atom is 0.222 e. The van der Waals surface area contributed by atoms with Crippen LogP contribution in [0.4, 0.5) is 4.39 Å². The predicted molar refractivity (Wildman–Crippen MR) is 74.9 cm³/mol. The molecule has 1 aliphatic rings. The molecule has 1 amide bonds. The van der Waals surface area contributed by atoms with Crippen LogP contribution in [0, 0.1) is 11.2 Å². The van der Waals surface area contributed by atoms with Gasteiger partial charge in [-0.05, 0) is 30.4 Å². The van der Waals surface area contributed by atoms with E-state index in [-0.39, 0.29) is 23.7 Å². The summed E-state index contributed by atoms with van der Waals surface area (Å²) in [6.45, 7) is 4.90. The fraction of sp³-hybridized carbons (Fsp3) is 0.500. The number of ketones is 1. The molecule has 1 aromatic carbocycles. The molecule has 1 aliphatic heterocycles. The van der Waals surface area contributed by atoms with Crippen molar-refractivity contribution in [3.8, 4) is 0 Å². The molecule has 0 aromatic heterocycles. The molecule has 0 atom stereocenters. The van der Waals surface area contributed by atoms with Gasteiger partial charge in [-0.25, -0.2) is 4.39 Å². The molecule has 3 nitrogen and oxygen atoms in total. The first-order valence-corrected chi connectivity index (χ1v) is 6.94. The second-order valence-corrected chi connectivity index (χ2v) is 6.16. The van der Waals surface area contributed by atoms with Crippen LogP contribution in [0.15, 0.2) is 24.3 Å². The van der Waals surface area contributed by atoms with E-state index in [1.807, 2.05) is 0 Å². The van der Waals surface area contributed by atoms with E-state index in [1.165, 1.54) is 18.2 Å². The summed E-state index contributed by atoms with van der Waals surface area (Å²) in [6, 6.07) is 5.61. The Bertz CT molecular complexity index is 525. The van der Waals surface area contributed by atoms with Crippen molar-refractivity contribution in [1.82, 2.24) is 4.90 Å². The van der Waals surface area contributed by atoms with Crippen LogP contribution in [0.25, 0.3) is 0 Å². The van der Waals surface area contributed by atoms with E-state index in [9.17, 15) is 14.0 Å². The third-order valence-electron chi connectivity index (χ3n) is 3.91. The van der Waals surface area contributed by atoms with Gasteiger partial charge in [0.05, 0.1) is 6.54 Å². The molecule has 20 heavy (non-hydrogen) atoms. The number of amides is 1. The zero-order valence-corrected chi connectivity index (χ0v) is 12.0. The number of carbonyl (C=O) groups excluding carboxylic acids is 2. The second kappa shape index (κ2) is 5.73. The molecule has 0 bridgehead atoms. The molecule has 0 unspecified atom stereocenters. The Kier molecular flexibility index (Phi) is 4.21. The summed E-state index contributed by atoms with van der Waals surface area (Å²) in [5.74, 6) is -0.628. The molecule has 0 N–H and O–H groups in total. The Morgan fingerprint density at radius 1 is 1.35 bits per heavy atom. The first kappa shape index (κ1) is 14.7. The van der Waals surface area contributed by atoms with Gasteiger partial charge in [0.15, 0.2) is 5.78 Å². The van der Waals surface area contributed by atoms with Crippen LogP contribution in [0.2, 0.25) is 0 Å². The summed E-state index contributed by atoms with van der Waals surface area (Å²) in [6.07, 6.45) is 2.20. The number of Topliss-reactive ketones (excluding diaryl/α,β-unsaturated/α-hetero) is 1. The van der Waals surface area contributed by atoms with E-state index in [2.05, 4.69) is 13.8 Å². The van der Waals surface area contributed by atoms with E-state index >= 15 is 0 Å². The summed E-state index contributed by atoms with van der Waals surface area (Å²) in [7, 11) is 0. The maximum atomic E-state index is 13.1. The van der Waals surface area contributed by atoms with Crippen LogP contribution >= 0.6 is 0 Å². The fourth-order valence-corrected chi connectivity index (χ4v) is 2.38. The van der Waals surface area contributed by atoms with Crippen molar-refractivity contribution in [1.29, 1.82) is 0 Å². The molecular formula is C16H20FNO2. The van der Waals surface area contributed by atoms with Crippen LogP contribution in [0.3, 0.4) is 0 Å². The van der Waals surface area contributed by atoms with Gasteiger partial charge < -0.3 is 4.90 Å². The van der Waals surface area contributed by atoms with Gasteiger partial charge in [0.1, 0.15) is 5.82 Å². The van der Waals surface area contributed by atoms with Gasteiger partial charge >= 0.3 is 0 Å². The van der Waals surface area contributed by atoms with Crippen molar-refractivity contribution < 1.29 is 14.0 Å². The maximum absolute atomic E-state index is 13.1. The van der Waals surface area contributed by atoms with Crippen molar-refractivity contribution in [3.63, 3.8) is 0 Å². The Balaban J connectivity index is 2.05. The summed E-state index contributed by atoms with van der Waals surface area (Å²) in [5, 5.41) is 0. The first-order chi connectivity index (χ1) is 9.37. The summed E-state index contributed by atoms with van der Waals surface area (Å²) in [4.78, 5) is 25.8. The highest BCUT2D eigenvalue weighted by Gasteiger charge is 2.28. The lowest BCUT2D eigenvalue weighted by atomic mass is 9.85. The average molecular weight is 277 g/mol. The number of rotatable bonds is 3. The van der Waals surface area contributed by atoms with Gasteiger partial charge in [-0.2, -0.15) is 0 Å². The standard InChI is InChI=1S/C16H20FNO2/c1-16(2)7-6-15(20)18(9-8-16)11-14(19)12-4-3-5-13(17)10-12/h3-5,10H,6-9,11H2,1-2H3. The first-order valence-electron chi connectivity index (χ1n) is 6.94. The highest BCUT2D eigenvalue weighted by molar-refractivity contribution is 5.99. The van der Waals surface area contributed by atoms with E-state index in [0.717, 1.165) is 12.8 Å². The summed E-state index contributed by atoms with van der Waals surface area (Å²) < 4.78 is 13.1. The number of hydrogen-bond acceptors (Lipinski definition) is 2. The van der Waals surface area contributed by atoms with Gasteiger partial charge in [-0.3, -0.25) is 9.59 Å². The Morgan fingerprint density at radius 3 is 2.80 bits per heavy atom. The Morgan fingerprint density at radius 2 is 2.10 bits per heavy atom.